The first-order valence-corrected chi connectivity index (χ1v) is 9.41. The quantitative estimate of drug-likeness (QED) is 0.673. The maximum atomic E-state index is 12.6. The Morgan fingerprint density at radius 2 is 1.89 bits per heavy atom. The lowest BCUT2D eigenvalue weighted by Gasteiger charge is -2.26. The number of nitrogens with one attached hydrogen (secondary N) is 3. The molecule has 0 aliphatic carbocycles. The van der Waals surface area contributed by atoms with Crippen molar-refractivity contribution in [1.29, 1.82) is 0 Å². The maximum Gasteiger partial charge on any atom is 0.260 e. The van der Waals surface area contributed by atoms with Crippen LogP contribution in [-0.2, 0) is 9.53 Å². The monoisotopic (exact) mass is 381 g/mol. The lowest BCUT2D eigenvalue weighted by Crippen LogP contribution is -2.49. The highest BCUT2D eigenvalue weighted by atomic mass is 16.5. The third-order valence-electron chi connectivity index (χ3n) is 4.88. The second-order valence-electron chi connectivity index (χ2n) is 6.87. The van der Waals surface area contributed by atoms with E-state index in [0.29, 0.717) is 12.4 Å². The predicted octanol–water partition coefficient (Wildman–Crippen LogP) is 1.15. The number of nitrogens with zero attached hydrogens (tertiary/aromatic N) is 2. The lowest BCUT2D eigenvalue weighted by molar-refractivity contribution is -0.120. The molecule has 2 aromatic rings. The number of carbonyl (C=O) groups is 2. The number of guanidine groups is 1. The molecule has 2 aromatic carbocycles. The molecule has 0 radical (unpaired) electrons. The fraction of sp³-hybridized carbons (Fsp3) is 0.350. The summed E-state index contributed by atoms with van der Waals surface area (Å²) in [6, 6.07) is 11.7. The van der Waals surface area contributed by atoms with Gasteiger partial charge in [0, 0.05) is 37.3 Å². The van der Waals surface area contributed by atoms with Gasteiger partial charge in [-0.1, -0.05) is 18.2 Å². The van der Waals surface area contributed by atoms with Crippen LogP contribution in [-0.4, -0.2) is 61.9 Å². The molecule has 1 fully saturated rings. The largest absolute Gasteiger partial charge is 0.379 e. The number of hydrogen-bond donors (Lipinski definition) is 3. The normalized spacial score (nSPS) is 17.6. The number of fused-ring (bicyclic) bond motifs is 1. The van der Waals surface area contributed by atoms with Gasteiger partial charge in [0.05, 0.1) is 13.2 Å². The van der Waals surface area contributed by atoms with E-state index in [-0.39, 0.29) is 18.2 Å². The van der Waals surface area contributed by atoms with Crippen LogP contribution in [0.1, 0.15) is 16.8 Å². The number of aliphatic imine (C=N–C) groups is 1. The molecule has 2 aliphatic rings. The number of hydrogen-bond acceptors (Lipinski definition) is 7. The molecular formula is C20H23N5O3. The van der Waals surface area contributed by atoms with E-state index in [1.54, 1.807) is 0 Å². The molecule has 1 amide bonds. The fourth-order valence-corrected chi connectivity index (χ4v) is 3.29. The molecule has 1 saturated heterocycles. The summed E-state index contributed by atoms with van der Waals surface area (Å²) in [4.78, 5) is 30.1. The Morgan fingerprint density at radius 3 is 2.68 bits per heavy atom. The second kappa shape index (κ2) is 8.37. The standard InChI is InChI=1S/C20H23N5O3/c26-18(5-6-25-7-9-28-10-8-25)16-2-1-15-12-17(4-3-14(15)11-16)22-20-21-13-19(27)23-24-20/h1-4,11-12H,5-10,13H2,(H,23,27)(H2,21,22,24). The summed E-state index contributed by atoms with van der Waals surface area (Å²) in [5, 5.41) is 5.16. The van der Waals surface area contributed by atoms with E-state index in [4.69, 9.17) is 4.74 Å². The van der Waals surface area contributed by atoms with E-state index in [1.165, 1.54) is 0 Å². The number of Topliss-reactive ketones (excluding diaryl/α,β-unsaturated/α-hetero) is 1. The number of rotatable bonds is 5. The highest BCUT2D eigenvalue weighted by Gasteiger charge is 2.14. The third kappa shape index (κ3) is 4.47. The maximum absolute atomic E-state index is 12.6. The highest BCUT2D eigenvalue weighted by molar-refractivity contribution is 6.02. The van der Waals surface area contributed by atoms with Gasteiger partial charge in [0.2, 0.25) is 5.96 Å². The topological polar surface area (TPSA) is 95.1 Å². The van der Waals surface area contributed by atoms with Crippen LogP contribution in [0.15, 0.2) is 41.4 Å². The fourth-order valence-electron chi connectivity index (χ4n) is 3.29. The molecule has 0 bridgehead atoms. The molecule has 2 heterocycles. The molecule has 0 spiro atoms. The van der Waals surface area contributed by atoms with Crippen LogP contribution in [0, 0.1) is 0 Å². The van der Waals surface area contributed by atoms with Gasteiger partial charge in [-0.25, -0.2) is 4.99 Å². The molecular weight excluding hydrogens is 358 g/mol. The van der Waals surface area contributed by atoms with Gasteiger partial charge in [-0.15, -0.1) is 0 Å². The smallest absolute Gasteiger partial charge is 0.260 e. The first kappa shape index (κ1) is 18.4. The summed E-state index contributed by atoms with van der Waals surface area (Å²) < 4.78 is 5.34. The van der Waals surface area contributed by atoms with Gasteiger partial charge >= 0.3 is 0 Å². The molecule has 0 saturated carbocycles. The van der Waals surface area contributed by atoms with Crippen molar-refractivity contribution in [3.8, 4) is 0 Å². The van der Waals surface area contributed by atoms with Gasteiger partial charge in [0.1, 0.15) is 6.54 Å². The van der Waals surface area contributed by atoms with Crippen molar-refractivity contribution in [2.24, 2.45) is 4.99 Å². The predicted molar refractivity (Wildman–Crippen MR) is 107 cm³/mol. The van der Waals surface area contributed by atoms with E-state index in [2.05, 4.69) is 26.1 Å². The number of amides is 1. The summed E-state index contributed by atoms with van der Waals surface area (Å²) >= 11 is 0. The molecule has 0 aromatic heterocycles. The first-order valence-electron chi connectivity index (χ1n) is 9.41. The number of hydrazine groups is 1. The minimum Gasteiger partial charge on any atom is -0.379 e. The Hall–Kier alpha value is -2.97. The van der Waals surface area contributed by atoms with Crippen LogP contribution < -0.4 is 16.2 Å². The summed E-state index contributed by atoms with van der Waals surface area (Å²) in [6.45, 7) is 4.15. The number of carbonyl (C=O) groups excluding carboxylic acids is 2. The second-order valence-corrected chi connectivity index (χ2v) is 6.87. The lowest BCUT2D eigenvalue weighted by atomic mass is 10.0. The van der Waals surface area contributed by atoms with Gasteiger partial charge in [0.25, 0.3) is 5.91 Å². The molecule has 8 nitrogen and oxygen atoms in total. The summed E-state index contributed by atoms with van der Waals surface area (Å²) in [6.07, 6.45) is 0.516. The molecule has 146 valence electrons. The minimum atomic E-state index is -0.171. The van der Waals surface area contributed by atoms with Gasteiger partial charge in [-0.3, -0.25) is 25.3 Å². The Balaban J connectivity index is 1.41. The van der Waals surface area contributed by atoms with E-state index >= 15 is 0 Å². The van der Waals surface area contributed by atoms with Gasteiger partial charge in [0.15, 0.2) is 5.78 Å². The number of ketones is 1. The zero-order valence-electron chi connectivity index (χ0n) is 15.5. The zero-order valence-corrected chi connectivity index (χ0v) is 15.5. The van der Waals surface area contributed by atoms with Crippen LogP contribution in [0.5, 0.6) is 0 Å². The Bertz CT molecular complexity index is 921. The van der Waals surface area contributed by atoms with E-state index in [9.17, 15) is 9.59 Å². The van der Waals surface area contributed by atoms with Crippen molar-refractivity contribution < 1.29 is 14.3 Å². The molecule has 3 N–H and O–H groups in total. The van der Waals surface area contributed by atoms with Gasteiger partial charge < -0.3 is 10.1 Å². The van der Waals surface area contributed by atoms with Gasteiger partial charge in [-0.2, -0.15) is 0 Å². The number of benzene rings is 2. The molecule has 2 aliphatic heterocycles. The summed E-state index contributed by atoms with van der Waals surface area (Å²) in [7, 11) is 0. The average molecular weight is 381 g/mol. The van der Waals surface area contributed by atoms with Crippen molar-refractivity contribution in [3.05, 3.63) is 42.0 Å². The Kier molecular flexibility index (Phi) is 5.50. The van der Waals surface area contributed by atoms with E-state index in [1.807, 2.05) is 36.4 Å². The molecule has 4 rings (SSSR count). The van der Waals surface area contributed by atoms with Crippen LogP contribution in [0.3, 0.4) is 0 Å². The zero-order chi connectivity index (χ0) is 19.3. The first-order chi connectivity index (χ1) is 13.7. The minimum absolute atomic E-state index is 0.0961. The van der Waals surface area contributed by atoms with Crippen LogP contribution in [0.25, 0.3) is 10.8 Å². The van der Waals surface area contributed by atoms with E-state index < -0.39 is 0 Å². The Morgan fingerprint density at radius 1 is 1.11 bits per heavy atom. The molecule has 8 heteroatoms. The van der Waals surface area contributed by atoms with Crippen LogP contribution >= 0.6 is 0 Å². The van der Waals surface area contributed by atoms with Crippen molar-refractivity contribution in [2.75, 3.05) is 44.7 Å². The number of anilines is 1. The molecule has 0 unspecified atom stereocenters. The van der Waals surface area contributed by atoms with Crippen molar-refractivity contribution in [1.82, 2.24) is 15.8 Å². The summed E-state index contributed by atoms with van der Waals surface area (Å²) in [5.41, 5.74) is 6.82. The van der Waals surface area contributed by atoms with E-state index in [0.717, 1.165) is 54.9 Å². The SMILES string of the molecule is O=C1CN=C(Nc2ccc3cc(C(=O)CCN4CCOCC4)ccc3c2)NN1. The Labute approximate surface area is 162 Å². The highest BCUT2D eigenvalue weighted by Crippen LogP contribution is 2.21. The molecule has 28 heavy (non-hydrogen) atoms. The average Bonchev–Trinajstić information content (AvgIpc) is 2.74. The van der Waals surface area contributed by atoms with Crippen molar-refractivity contribution >= 4 is 34.1 Å². The number of morpholine rings is 1. The van der Waals surface area contributed by atoms with Crippen molar-refractivity contribution in [2.45, 2.75) is 6.42 Å². The van der Waals surface area contributed by atoms with Gasteiger partial charge in [-0.05, 0) is 29.0 Å². The third-order valence-corrected chi connectivity index (χ3v) is 4.88. The summed E-state index contributed by atoms with van der Waals surface area (Å²) in [5.74, 6) is 0.482. The van der Waals surface area contributed by atoms with Crippen LogP contribution in [0.2, 0.25) is 0 Å². The van der Waals surface area contributed by atoms with Crippen molar-refractivity contribution in [3.63, 3.8) is 0 Å². The molecule has 0 atom stereocenters. The number of ether oxygens (including phenoxy) is 1. The van der Waals surface area contributed by atoms with Crippen LogP contribution in [0.4, 0.5) is 5.69 Å².